The number of anilines is 1. The van der Waals surface area contributed by atoms with Gasteiger partial charge in [-0.25, -0.2) is 0 Å². The van der Waals surface area contributed by atoms with Gasteiger partial charge in [-0.2, -0.15) is 0 Å². The summed E-state index contributed by atoms with van der Waals surface area (Å²) < 4.78 is 15.4. The van der Waals surface area contributed by atoms with Gasteiger partial charge in [-0.3, -0.25) is 9.59 Å². The summed E-state index contributed by atoms with van der Waals surface area (Å²) in [6, 6.07) is 9.74. The molecule has 2 rings (SSSR count). The Balaban J connectivity index is 1.96. The van der Waals surface area contributed by atoms with Crippen LogP contribution in [0.15, 0.2) is 36.4 Å². The highest BCUT2D eigenvalue weighted by molar-refractivity contribution is 6.32. The molecule has 6 nitrogen and oxygen atoms in total. The highest BCUT2D eigenvalue weighted by atomic mass is 35.5. The molecule has 8 heteroatoms. The van der Waals surface area contributed by atoms with Crippen LogP contribution >= 0.6 is 23.2 Å². The molecule has 0 heterocycles. The van der Waals surface area contributed by atoms with Crippen molar-refractivity contribution in [1.82, 2.24) is 0 Å². The molecular weight excluding hydrogens is 393 g/mol. The average Bonchev–Trinajstić information content (AvgIpc) is 2.62. The monoisotopic (exact) mass is 411 g/mol. The molecule has 0 aromatic heterocycles. The fourth-order valence-corrected chi connectivity index (χ4v) is 2.77. The molecule has 144 valence electrons. The normalized spacial score (nSPS) is 11.4. The number of carbonyl (C=O) groups excluding carboxylic acids is 2. The number of methoxy groups -OCH3 is 2. The Labute approximate surface area is 167 Å². The summed E-state index contributed by atoms with van der Waals surface area (Å²) >= 11 is 12.0. The van der Waals surface area contributed by atoms with Crippen LogP contribution in [-0.4, -0.2) is 32.2 Å². The Bertz CT molecular complexity index is 841. The number of halogens is 2. The maximum Gasteiger partial charge on any atom is 0.311 e. The van der Waals surface area contributed by atoms with Gasteiger partial charge in [-0.1, -0.05) is 23.2 Å². The van der Waals surface area contributed by atoms with E-state index in [0.29, 0.717) is 32.8 Å². The third kappa shape index (κ3) is 5.77. The number of ether oxygens (including phenoxy) is 3. The molecule has 0 saturated heterocycles. The standard InChI is InChI=1S/C19H19Cl2NO5/c1-11(19(24)22-14-5-7-17(26-3)15(21)10-14)27-18(23)9-12-8-13(20)4-6-16(12)25-2/h4-8,10-11H,9H2,1-3H3,(H,22,24)/t11-/m0/s1. The molecule has 1 atom stereocenters. The van der Waals surface area contributed by atoms with E-state index in [1.807, 2.05) is 0 Å². The number of amides is 1. The van der Waals surface area contributed by atoms with Crippen LogP contribution in [-0.2, 0) is 20.7 Å². The maximum absolute atomic E-state index is 12.2. The van der Waals surface area contributed by atoms with E-state index in [2.05, 4.69) is 5.32 Å². The zero-order valence-corrected chi connectivity index (χ0v) is 16.6. The molecule has 0 aliphatic rings. The quantitative estimate of drug-likeness (QED) is 0.693. The number of hydrogen-bond donors (Lipinski definition) is 1. The molecular formula is C19H19Cl2NO5. The molecule has 2 aromatic rings. The summed E-state index contributed by atoms with van der Waals surface area (Å²) in [4.78, 5) is 24.4. The van der Waals surface area contributed by atoms with Crippen LogP contribution < -0.4 is 14.8 Å². The fourth-order valence-electron chi connectivity index (χ4n) is 2.32. The SMILES string of the molecule is COc1ccc(NC(=O)[C@H](C)OC(=O)Cc2cc(Cl)ccc2OC)cc1Cl. The predicted octanol–water partition coefficient (Wildman–Crippen LogP) is 4.12. The largest absolute Gasteiger partial charge is 0.496 e. The molecule has 0 unspecified atom stereocenters. The smallest absolute Gasteiger partial charge is 0.311 e. The summed E-state index contributed by atoms with van der Waals surface area (Å²) in [5, 5.41) is 3.46. The first-order valence-corrected chi connectivity index (χ1v) is 8.76. The lowest BCUT2D eigenvalue weighted by Crippen LogP contribution is -2.30. The molecule has 1 amide bonds. The Hall–Kier alpha value is -2.44. The van der Waals surface area contributed by atoms with Gasteiger partial charge in [0.15, 0.2) is 6.10 Å². The third-order valence-corrected chi connectivity index (χ3v) is 4.20. The summed E-state index contributed by atoms with van der Waals surface area (Å²) in [5.74, 6) is -0.0560. The lowest BCUT2D eigenvalue weighted by molar-refractivity contribution is -0.152. The van der Waals surface area contributed by atoms with Gasteiger partial charge >= 0.3 is 5.97 Å². The molecule has 0 aliphatic carbocycles. The third-order valence-electron chi connectivity index (χ3n) is 3.67. The molecule has 27 heavy (non-hydrogen) atoms. The number of esters is 1. The summed E-state index contributed by atoms with van der Waals surface area (Å²) in [6.45, 7) is 1.48. The van der Waals surface area contributed by atoms with Crippen molar-refractivity contribution in [1.29, 1.82) is 0 Å². The van der Waals surface area contributed by atoms with Gasteiger partial charge in [0.25, 0.3) is 5.91 Å². The second kappa shape index (κ2) is 9.48. The molecule has 0 fully saturated rings. The van der Waals surface area contributed by atoms with Crippen molar-refractivity contribution in [2.24, 2.45) is 0 Å². The van der Waals surface area contributed by atoms with E-state index >= 15 is 0 Å². The first kappa shape index (κ1) is 20.9. The van der Waals surface area contributed by atoms with Crippen LogP contribution in [0.5, 0.6) is 11.5 Å². The summed E-state index contributed by atoms with van der Waals surface area (Å²) in [7, 11) is 2.99. The molecule has 0 bridgehead atoms. The van der Waals surface area contributed by atoms with Crippen molar-refractivity contribution in [3.63, 3.8) is 0 Å². The second-order valence-corrected chi connectivity index (χ2v) is 6.45. The van der Waals surface area contributed by atoms with Gasteiger partial charge in [0, 0.05) is 16.3 Å². The van der Waals surface area contributed by atoms with Crippen molar-refractivity contribution in [3.05, 3.63) is 52.0 Å². The lowest BCUT2D eigenvalue weighted by atomic mass is 10.1. The van der Waals surface area contributed by atoms with E-state index < -0.39 is 18.0 Å². The number of benzene rings is 2. The van der Waals surface area contributed by atoms with Gasteiger partial charge in [-0.15, -0.1) is 0 Å². The van der Waals surface area contributed by atoms with Crippen LogP contribution in [0.4, 0.5) is 5.69 Å². The lowest BCUT2D eigenvalue weighted by Gasteiger charge is -2.15. The van der Waals surface area contributed by atoms with E-state index in [1.165, 1.54) is 21.1 Å². The summed E-state index contributed by atoms with van der Waals surface area (Å²) in [6.07, 6.45) is -1.07. The maximum atomic E-state index is 12.2. The molecule has 0 aliphatic heterocycles. The van der Waals surface area contributed by atoms with Crippen LogP contribution in [0.1, 0.15) is 12.5 Å². The van der Waals surface area contributed by atoms with E-state index in [-0.39, 0.29) is 6.42 Å². The topological polar surface area (TPSA) is 73.9 Å². The Morgan fingerprint density at radius 2 is 1.70 bits per heavy atom. The summed E-state index contributed by atoms with van der Waals surface area (Å²) in [5.41, 5.74) is 1.04. The minimum atomic E-state index is -0.997. The minimum Gasteiger partial charge on any atom is -0.496 e. The first-order valence-electron chi connectivity index (χ1n) is 8.00. The highest BCUT2D eigenvalue weighted by Gasteiger charge is 2.20. The Morgan fingerprint density at radius 1 is 1.04 bits per heavy atom. The number of nitrogens with one attached hydrogen (secondary N) is 1. The van der Waals surface area contributed by atoms with Crippen molar-refractivity contribution < 1.29 is 23.8 Å². The predicted molar refractivity (Wildman–Crippen MR) is 104 cm³/mol. The van der Waals surface area contributed by atoms with Gasteiger partial charge in [0.05, 0.1) is 25.7 Å². The van der Waals surface area contributed by atoms with Crippen molar-refractivity contribution in [3.8, 4) is 11.5 Å². The van der Waals surface area contributed by atoms with Crippen molar-refractivity contribution >= 4 is 40.8 Å². The average molecular weight is 412 g/mol. The van der Waals surface area contributed by atoms with Crippen LogP contribution in [0.2, 0.25) is 10.0 Å². The van der Waals surface area contributed by atoms with Gasteiger partial charge in [0.1, 0.15) is 11.5 Å². The Kier molecular flexibility index (Phi) is 7.33. The van der Waals surface area contributed by atoms with Crippen molar-refractivity contribution in [2.45, 2.75) is 19.4 Å². The molecule has 2 aromatic carbocycles. The van der Waals surface area contributed by atoms with E-state index in [1.54, 1.807) is 36.4 Å². The van der Waals surface area contributed by atoms with E-state index in [0.717, 1.165) is 0 Å². The first-order chi connectivity index (χ1) is 12.8. The van der Waals surface area contributed by atoms with E-state index in [9.17, 15) is 9.59 Å². The Morgan fingerprint density at radius 3 is 2.33 bits per heavy atom. The van der Waals surface area contributed by atoms with Gasteiger partial charge in [-0.05, 0) is 43.3 Å². The highest BCUT2D eigenvalue weighted by Crippen LogP contribution is 2.27. The van der Waals surface area contributed by atoms with Crippen molar-refractivity contribution in [2.75, 3.05) is 19.5 Å². The fraction of sp³-hybridized carbons (Fsp3) is 0.263. The van der Waals surface area contributed by atoms with Gasteiger partial charge < -0.3 is 19.5 Å². The van der Waals surface area contributed by atoms with Gasteiger partial charge in [0.2, 0.25) is 0 Å². The number of carbonyl (C=O) groups is 2. The molecule has 0 radical (unpaired) electrons. The minimum absolute atomic E-state index is 0.0737. The number of hydrogen-bond acceptors (Lipinski definition) is 5. The van der Waals surface area contributed by atoms with Crippen LogP contribution in [0.25, 0.3) is 0 Å². The number of rotatable bonds is 7. The van der Waals surface area contributed by atoms with Crippen LogP contribution in [0.3, 0.4) is 0 Å². The van der Waals surface area contributed by atoms with Crippen LogP contribution in [0, 0.1) is 0 Å². The molecule has 1 N–H and O–H groups in total. The molecule has 0 spiro atoms. The zero-order valence-electron chi connectivity index (χ0n) is 15.0. The zero-order chi connectivity index (χ0) is 20.0. The molecule has 0 saturated carbocycles. The van der Waals surface area contributed by atoms with E-state index in [4.69, 9.17) is 37.4 Å². The second-order valence-electron chi connectivity index (χ2n) is 5.60.